The Labute approximate surface area is 198 Å². The maximum atomic E-state index is 12.8. The summed E-state index contributed by atoms with van der Waals surface area (Å²) in [4.78, 5) is 47.6. The summed E-state index contributed by atoms with van der Waals surface area (Å²) in [6, 6.07) is 10.9. The lowest BCUT2D eigenvalue weighted by Crippen LogP contribution is -2.33. The van der Waals surface area contributed by atoms with Gasteiger partial charge in [-0.15, -0.1) is 22.7 Å². The van der Waals surface area contributed by atoms with Crippen molar-refractivity contribution in [1.29, 1.82) is 0 Å². The fourth-order valence-corrected chi connectivity index (χ4v) is 5.20. The largest absolute Gasteiger partial charge is 0.326 e. The lowest BCUT2D eigenvalue weighted by molar-refractivity contribution is -0.117. The average Bonchev–Trinajstić information content (AvgIpc) is 3.44. The van der Waals surface area contributed by atoms with E-state index in [1.54, 1.807) is 35.6 Å². The van der Waals surface area contributed by atoms with Crippen molar-refractivity contribution in [3.63, 3.8) is 0 Å². The average molecular weight is 482 g/mol. The van der Waals surface area contributed by atoms with Crippen LogP contribution < -0.4 is 16.2 Å². The summed E-state index contributed by atoms with van der Waals surface area (Å²) >= 11 is 3.04. The molecule has 0 unspecified atom stereocenters. The molecule has 0 saturated carbocycles. The first-order chi connectivity index (χ1) is 15.9. The fourth-order valence-electron chi connectivity index (χ4n) is 3.42. The second-order valence-corrected chi connectivity index (χ2v) is 9.24. The number of benzene rings is 1. The van der Waals surface area contributed by atoms with E-state index in [0.717, 1.165) is 10.4 Å². The number of anilines is 2. The number of rotatable bonds is 8. The number of amides is 2. The number of aromatic nitrogens is 2. The zero-order chi connectivity index (χ0) is 23.4. The highest BCUT2D eigenvalue weighted by Crippen LogP contribution is 2.33. The van der Waals surface area contributed by atoms with Crippen molar-refractivity contribution in [3.8, 4) is 10.4 Å². The summed E-state index contributed by atoms with van der Waals surface area (Å²) in [7, 11) is 0. The van der Waals surface area contributed by atoms with Crippen LogP contribution in [0.2, 0.25) is 0 Å². The van der Waals surface area contributed by atoms with E-state index < -0.39 is 0 Å². The summed E-state index contributed by atoms with van der Waals surface area (Å²) in [5, 5.41) is 10.1. The van der Waals surface area contributed by atoms with Gasteiger partial charge in [0.15, 0.2) is 0 Å². The lowest BCUT2D eigenvalue weighted by Gasteiger charge is -2.19. The van der Waals surface area contributed by atoms with Crippen LogP contribution in [-0.2, 0) is 16.1 Å². The van der Waals surface area contributed by atoms with Crippen LogP contribution in [0.4, 0.5) is 11.4 Å². The standard InChI is InChI=1S/C23H23N5O3S2/c1-3-28(12-20(30)25-16-8-6-15(7-9-16)24-14(2)29)11-19-26-22(31)21-17(13-33-23(21)27-19)18-5-4-10-32-18/h4-10,13H,3,11-12H2,1-2H3,(H,24,29)(H,25,30)(H,26,27,31). The quantitative estimate of drug-likeness (QED) is 0.351. The Kier molecular flexibility index (Phi) is 6.97. The van der Waals surface area contributed by atoms with Crippen molar-refractivity contribution >= 4 is 56.1 Å². The van der Waals surface area contributed by atoms with Gasteiger partial charge in [0.1, 0.15) is 10.7 Å². The number of likely N-dealkylation sites (N-methyl/N-ethyl adjacent to an activating group) is 1. The molecule has 0 spiro atoms. The summed E-state index contributed by atoms with van der Waals surface area (Å²) in [6.45, 7) is 4.50. The Morgan fingerprint density at radius 3 is 2.45 bits per heavy atom. The van der Waals surface area contributed by atoms with Crippen LogP contribution in [0, 0.1) is 0 Å². The minimum Gasteiger partial charge on any atom is -0.326 e. The molecule has 0 atom stereocenters. The van der Waals surface area contributed by atoms with Crippen molar-refractivity contribution in [2.45, 2.75) is 20.4 Å². The molecule has 1 aromatic carbocycles. The number of hydrogen-bond acceptors (Lipinski definition) is 7. The van der Waals surface area contributed by atoms with E-state index in [0.29, 0.717) is 40.5 Å². The molecule has 170 valence electrons. The van der Waals surface area contributed by atoms with E-state index in [-0.39, 0.29) is 23.9 Å². The Balaban J connectivity index is 1.42. The van der Waals surface area contributed by atoms with Crippen molar-refractivity contribution in [1.82, 2.24) is 14.9 Å². The van der Waals surface area contributed by atoms with Gasteiger partial charge in [0.05, 0.1) is 18.5 Å². The van der Waals surface area contributed by atoms with Crippen LogP contribution in [-0.4, -0.2) is 39.8 Å². The van der Waals surface area contributed by atoms with Gasteiger partial charge in [0.25, 0.3) is 5.56 Å². The fraction of sp³-hybridized carbons (Fsp3) is 0.217. The molecular formula is C23H23N5O3S2. The summed E-state index contributed by atoms with van der Waals surface area (Å²) in [6.07, 6.45) is 0. The second kappa shape index (κ2) is 10.1. The molecule has 0 aliphatic rings. The predicted molar refractivity (Wildman–Crippen MR) is 134 cm³/mol. The Morgan fingerprint density at radius 1 is 1.09 bits per heavy atom. The maximum absolute atomic E-state index is 12.8. The molecule has 0 aliphatic heterocycles. The van der Waals surface area contributed by atoms with Gasteiger partial charge in [-0.25, -0.2) is 4.98 Å². The lowest BCUT2D eigenvalue weighted by atomic mass is 10.2. The van der Waals surface area contributed by atoms with Gasteiger partial charge in [-0.2, -0.15) is 0 Å². The molecular weight excluding hydrogens is 458 g/mol. The van der Waals surface area contributed by atoms with Gasteiger partial charge in [-0.3, -0.25) is 19.3 Å². The third-order valence-electron chi connectivity index (χ3n) is 4.96. The van der Waals surface area contributed by atoms with Crippen LogP contribution in [0.3, 0.4) is 0 Å². The van der Waals surface area contributed by atoms with Gasteiger partial charge in [-0.05, 0) is 42.3 Å². The number of aromatic amines is 1. The summed E-state index contributed by atoms with van der Waals surface area (Å²) < 4.78 is 0. The van der Waals surface area contributed by atoms with E-state index in [2.05, 4.69) is 20.6 Å². The van der Waals surface area contributed by atoms with Crippen LogP contribution in [0.1, 0.15) is 19.7 Å². The number of nitrogens with zero attached hydrogens (tertiary/aromatic N) is 2. The first kappa shape index (κ1) is 22.8. The highest BCUT2D eigenvalue weighted by Gasteiger charge is 2.16. The molecule has 33 heavy (non-hydrogen) atoms. The highest BCUT2D eigenvalue weighted by molar-refractivity contribution is 7.18. The number of fused-ring (bicyclic) bond motifs is 1. The van der Waals surface area contributed by atoms with Crippen LogP contribution in [0.25, 0.3) is 20.7 Å². The summed E-state index contributed by atoms with van der Waals surface area (Å²) in [5.74, 6) is 0.200. The molecule has 3 aromatic heterocycles. The molecule has 4 rings (SSSR count). The number of hydrogen-bond donors (Lipinski definition) is 3. The zero-order valence-electron chi connectivity index (χ0n) is 18.2. The minimum atomic E-state index is -0.177. The van der Waals surface area contributed by atoms with Crippen molar-refractivity contribution in [2.24, 2.45) is 0 Å². The SMILES string of the molecule is CCN(CC(=O)Nc1ccc(NC(C)=O)cc1)Cc1nc2scc(-c3cccs3)c2c(=O)[nH]1. The maximum Gasteiger partial charge on any atom is 0.260 e. The third kappa shape index (κ3) is 5.54. The van der Waals surface area contributed by atoms with E-state index in [1.165, 1.54) is 18.3 Å². The van der Waals surface area contributed by atoms with Gasteiger partial charge < -0.3 is 15.6 Å². The first-order valence-electron chi connectivity index (χ1n) is 10.4. The van der Waals surface area contributed by atoms with Crippen molar-refractivity contribution in [2.75, 3.05) is 23.7 Å². The molecule has 2 amide bonds. The molecule has 0 aliphatic carbocycles. The monoisotopic (exact) mass is 481 g/mol. The molecule has 3 N–H and O–H groups in total. The molecule has 10 heteroatoms. The topological polar surface area (TPSA) is 107 Å². The van der Waals surface area contributed by atoms with Crippen LogP contribution in [0.5, 0.6) is 0 Å². The number of nitrogens with one attached hydrogen (secondary N) is 3. The zero-order valence-corrected chi connectivity index (χ0v) is 19.8. The second-order valence-electron chi connectivity index (χ2n) is 7.43. The number of carbonyl (C=O) groups is 2. The molecule has 8 nitrogen and oxygen atoms in total. The van der Waals surface area contributed by atoms with Gasteiger partial charge in [0, 0.05) is 34.1 Å². The molecule has 0 fully saturated rings. The Morgan fingerprint density at radius 2 is 1.82 bits per heavy atom. The minimum absolute atomic E-state index is 0.149. The molecule has 3 heterocycles. The number of thiophene rings is 2. The predicted octanol–water partition coefficient (Wildman–Crippen LogP) is 4.13. The van der Waals surface area contributed by atoms with Crippen molar-refractivity contribution in [3.05, 3.63) is 63.3 Å². The molecule has 0 bridgehead atoms. The number of carbonyl (C=O) groups excluding carboxylic acids is 2. The Bertz CT molecular complexity index is 1330. The summed E-state index contributed by atoms with van der Waals surface area (Å²) in [5.41, 5.74) is 2.04. The Hall–Kier alpha value is -3.34. The molecule has 4 aromatic rings. The van der Waals surface area contributed by atoms with Gasteiger partial charge in [-0.1, -0.05) is 13.0 Å². The smallest absolute Gasteiger partial charge is 0.260 e. The number of H-pyrrole nitrogens is 1. The highest BCUT2D eigenvalue weighted by atomic mass is 32.1. The van der Waals surface area contributed by atoms with E-state index in [1.807, 2.05) is 34.7 Å². The molecule has 0 saturated heterocycles. The van der Waals surface area contributed by atoms with E-state index in [4.69, 9.17) is 0 Å². The first-order valence-corrected chi connectivity index (χ1v) is 12.1. The van der Waals surface area contributed by atoms with Crippen molar-refractivity contribution < 1.29 is 9.59 Å². The van der Waals surface area contributed by atoms with Gasteiger partial charge >= 0.3 is 0 Å². The third-order valence-corrected chi connectivity index (χ3v) is 6.73. The van der Waals surface area contributed by atoms with Crippen LogP contribution in [0.15, 0.2) is 52.0 Å². The molecule has 0 radical (unpaired) electrons. The van der Waals surface area contributed by atoms with E-state index >= 15 is 0 Å². The normalized spacial score (nSPS) is 11.1. The van der Waals surface area contributed by atoms with Gasteiger partial charge in [0.2, 0.25) is 11.8 Å². The van der Waals surface area contributed by atoms with E-state index in [9.17, 15) is 14.4 Å². The van der Waals surface area contributed by atoms with Crippen LogP contribution >= 0.6 is 22.7 Å².